The van der Waals surface area contributed by atoms with Crippen molar-refractivity contribution in [2.75, 3.05) is 39.3 Å². The van der Waals surface area contributed by atoms with Crippen LogP contribution in [0.3, 0.4) is 0 Å². The number of carbonyl (C=O) groups excluding carboxylic acids is 1. The molecule has 27 heavy (non-hydrogen) atoms. The number of amides is 1. The normalized spacial score (nSPS) is 26.4. The smallest absolute Gasteiger partial charge is 0.223 e. The molecule has 0 aromatic carbocycles. The summed E-state index contributed by atoms with van der Waals surface area (Å²) in [6, 6.07) is 4.24. The maximum absolute atomic E-state index is 12.0. The van der Waals surface area contributed by atoms with Gasteiger partial charge in [-0.05, 0) is 37.8 Å². The van der Waals surface area contributed by atoms with Gasteiger partial charge in [-0.2, -0.15) is 0 Å². The zero-order chi connectivity index (χ0) is 18.5. The third kappa shape index (κ3) is 4.64. The lowest BCUT2D eigenvalue weighted by molar-refractivity contribution is -0.130. The number of hydrogen-bond acceptors (Lipinski definition) is 4. The number of aliphatic imine (C=N–C) groups is 1. The molecule has 0 aliphatic carbocycles. The summed E-state index contributed by atoms with van der Waals surface area (Å²) in [7, 11) is 0. The molecule has 1 N–H and O–H groups in total. The lowest BCUT2D eigenvalue weighted by atomic mass is 10.1. The molecule has 7 heteroatoms. The number of guanidine groups is 1. The molecular formula is C20H30N4O3. The predicted molar refractivity (Wildman–Crippen MR) is 103 cm³/mol. The fourth-order valence-electron chi connectivity index (χ4n) is 4.22. The van der Waals surface area contributed by atoms with Gasteiger partial charge in [-0.1, -0.05) is 0 Å². The maximum Gasteiger partial charge on any atom is 0.223 e. The Balaban J connectivity index is 1.37. The summed E-state index contributed by atoms with van der Waals surface area (Å²) in [5.41, 5.74) is 0. The van der Waals surface area contributed by atoms with E-state index in [1.165, 1.54) is 6.42 Å². The average Bonchev–Trinajstić information content (AvgIpc) is 3.35. The molecule has 3 aliphatic heterocycles. The van der Waals surface area contributed by atoms with Crippen LogP contribution < -0.4 is 5.32 Å². The summed E-state index contributed by atoms with van der Waals surface area (Å²) in [5.74, 6) is 2.22. The summed E-state index contributed by atoms with van der Waals surface area (Å²) in [6.07, 6.45) is 7.89. The van der Waals surface area contributed by atoms with Crippen molar-refractivity contribution in [2.45, 2.75) is 50.7 Å². The molecule has 3 saturated heterocycles. The van der Waals surface area contributed by atoms with Crippen LogP contribution in [0, 0.1) is 0 Å². The SMILES string of the molecule is O=C1CCC2CN(C(=NCC3CCCCO3)NCCc3ccco3)CCN12. The van der Waals surface area contributed by atoms with Crippen molar-refractivity contribution >= 4 is 11.9 Å². The Morgan fingerprint density at radius 1 is 1.30 bits per heavy atom. The minimum Gasteiger partial charge on any atom is -0.469 e. The molecule has 0 radical (unpaired) electrons. The summed E-state index contributed by atoms with van der Waals surface area (Å²) >= 11 is 0. The van der Waals surface area contributed by atoms with Crippen molar-refractivity contribution in [3.63, 3.8) is 0 Å². The fourth-order valence-corrected chi connectivity index (χ4v) is 4.22. The molecule has 1 aromatic rings. The minimum absolute atomic E-state index is 0.231. The third-order valence-electron chi connectivity index (χ3n) is 5.75. The number of ether oxygens (including phenoxy) is 1. The van der Waals surface area contributed by atoms with Gasteiger partial charge < -0.3 is 24.3 Å². The van der Waals surface area contributed by atoms with Crippen molar-refractivity contribution < 1.29 is 13.9 Å². The fraction of sp³-hybridized carbons (Fsp3) is 0.700. The van der Waals surface area contributed by atoms with E-state index in [9.17, 15) is 4.79 Å². The van der Waals surface area contributed by atoms with E-state index < -0.39 is 0 Å². The van der Waals surface area contributed by atoms with Crippen LogP contribution in [0.15, 0.2) is 27.8 Å². The lowest BCUT2D eigenvalue weighted by Gasteiger charge is -2.39. The number of fused-ring (bicyclic) bond motifs is 1. The first kappa shape index (κ1) is 18.3. The van der Waals surface area contributed by atoms with Crippen molar-refractivity contribution in [1.82, 2.24) is 15.1 Å². The summed E-state index contributed by atoms with van der Waals surface area (Å²) in [4.78, 5) is 21.2. The Morgan fingerprint density at radius 3 is 3.07 bits per heavy atom. The minimum atomic E-state index is 0.231. The van der Waals surface area contributed by atoms with Gasteiger partial charge in [-0.3, -0.25) is 9.79 Å². The first-order valence-corrected chi connectivity index (χ1v) is 10.3. The highest BCUT2D eigenvalue weighted by Gasteiger charge is 2.36. The van der Waals surface area contributed by atoms with Gasteiger partial charge in [0.2, 0.25) is 5.91 Å². The number of nitrogens with one attached hydrogen (secondary N) is 1. The quantitative estimate of drug-likeness (QED) is 0.627. The standard InChI is InChI=1S/C20H30N4O3/c25-19-7-6-16-15-23(10-11-24(16)19)20(21-9-8-17-5-3-13-26-17)22-14-18-4-1-2-12-27-18/h3,5,13,16,18H,1-2,4,6-12,14-15H2,(H,21,22). The van der Waals surface area contributed by atoms with Gasteiger partial charge in [-0.15, -0.1) is 0 Å². The molecule has 7 nitrogen and oxygen atoms in total. The highest BCUT2D eigenvalue weighted by molar-refractivity contribution is 5.82. The molecule has 0 bridgehead atoms. The Morgan fingerprint density at radius 2 is 2.26 bits per heavy atom. The highest BCUT2D eigenvalue weighted by atomic mass is 16.5. The van der Waals surface area contributed by atoms with Gasteiger partial charge in [0, 0.05) is 51.7 Å². The predicted octanol–water partition coefficient (Wildman–Crippen LogP) is 1.64. The van der Waals surface area contributed by atoms with Crippen molar-refractivity contribution in [3.8, 4) is 0 Å². The van der Waals surface area contributed by atoms with E-state index in [0.29, 0.717) is 24.9 Å². The Labute approximate surface area is 160 Å². The number of rotatable bonds is 5. The highest BCUT2D eigenvalue weighted by Crippen LogP contribution is 2.23. The van der Waals surface area contributed by atoms with Crippen molar-refractivity contribution in [2.24, 2.45) is 4.99 Å². The molecule has 148 valence electrons. The first-order valence-electron chi connectivity index (χ1n) is 10.3. The van der Waals surface area contributed by atoms with Crippen LogP contribution >= 0.6 is 0 Å². The van der Waals surface area contributed by atoms with Crippen LogP contribution in [0.25, 0.3) is 0 Å². The Hall–Kier alpha value is -2.02. The summed E-state index contributed by atoms with van der Waals surface area (Å²) in [6.45, 7) is 4.82. The third-order valence-corrected chi connectivity index (χ3v) is 5.75. The second-order valence-electron chi connectivity index (χ2n) is 7.63. The van der Waals surface area contributed by atoms with Crippen LogP contribution in [-0.2, 0) is 16.0 Å². The van der Waals surface area contributed by atoms with Gasteiger partial charge in [0.1, 0.15) is 5.76 Å². The molecule has 4 rings (SSSR count). The van der Waals surface area contributed by atoms with E-state index in [1.807, 2.05) is 17.0 Å². The van der Waals surface area contributed by atoms with Gasteiger partial charge >= 0.3 is 0 Å². The van der Waals surface area contributed by atoms with E-state index >= 15 is 0 Å². The molecule has 3 fully saturated rings. The maximum atomic E-state index is 12.0. The van der Waals surface area contributed by atoms with Gasteiger partial charge in [0.25, 0.3) is 0 Å². The van der Waals surface area contributed by atoms with Crippen molar-refractivity contribution in [1.29, 1.82) is 0 Å². The van der Waals surface area contributed by atoms with E-state index in [4.69, 9.17) is 14.1 Å². The van der Waals surface area contributed by atoms with Gasteiger partial charge in [0.15, 0.2) is 5.96 Å². The number of piperazine rings is 1. The molecule has 4 heterocycles. The number of furan rings is 1. The molecule has 0 saturated carbocycles. The Kier molecular flexibility index (Phi) is 5.97. The largest absolute Gasteiger partial charge is 0.469 e. The van der Waals surface area contributed by atoms with E-state index in [2.05, 4.69) is 10.2 Å². The first-order chi connectivity index (χ1) is 13.3. The second kappa shape index (κ2) is 8.78. The van der Waals surface area contributed by atoms with Gasteiger partial charge in [0.05, 0.1) is 18.9 Å². The van der Waals surface area contributed by atoms with E-state index in [0.717, 1.165) is 70.2 Å². The van der Waals surface area contributed by atoms with E-state index in [-0.39, 0.29) is 6.10 Å². The molecule has 3 aliphatic rings. The number of nitrogens with zero attached hydrogens (tertiary/aromatic N) is 3. The lowest BCUT2D eigenvalue weighted by Crippen LogP contribution is -2.56. The second-order valence-corrected chi connectivity index (χ2v) is 7.63. The van der Waals surface area contributed by atoms with Crippen molar-refractivity contribution in [3.05, 3.63) is 24.2 Å². The molecule has 1 amide bonds. The van der Waals surface area contributed by atoms with Gasteiger partial charge in [-0.25, -0.2) is 0 Å². The van der Waals surface area contributed by atoms with Crippen LogP contribution in [0.5, 0.6) is 0 Å². The van der Waals surface area contributed by atoms with Crippen LogP contribution in [0.1, 0.15) is 37.9 Å². The van der Waals surface area contributed by atoms with E-state index in [1.54, 1.807) is 6.26 Å². The zero-order valence-electron chi connectivity index (χ0n) is 15.9. The molecular weight excluding hydrogens is 344 g/mol. The summed E-state index contributed by atoms with van der Waals surface area (Å²) < 4.78 is 11.3. The molecule has 2 unspecified atom stereocenters. The Bertz CT molecular complexity index is 640. The molecule has 0 spiro atoms. The monoisotopic (exact) mass is 374 g/mol. The number of carbonyl (C=O) groups is 1. The van der Waals surface area contributed by atoms with Crippen LogP contribution in [-0.4, -0.2) is 73.1 Å². The number of hydrogen-bond donors (Lipinski definition) is 1. The topological polar surface area (TPSA) is 70.3 Å². The molecule has 2 atom stereocenters. The average molecular weight is 374 g/mol. The van der Waals surface area contributed by atoms with Crippen LogP contribution in [0.2, 0.25) is 0 Å². The zero-order valence-corrected chi connectivity index (χ0v) is 15.9. The summed E-state index contributed by atoms with van der Waals surface area (Å²) in [5, 5.41) is 3.52. The van der Waals surface area contributed by atoms with Crippen LogP contribution in [0.4, 0.5) is 0 Å². The molecule has 1 aromatic heterocycles.